The molecule has 0 spiro atoms. The molecule has 0 amide bonds. The van der Waals surface area contributed by atoms with Crippen molar-refractivity contribution in [2.45, 2.75) is 25.3 Å². The van der Waals surface area contributed by atoms with Gasteiger partial charge in [0.25, 0.3) is 5.56 Å². The zero-order valence-electron chi connectivity index (χ0n) is 8.49. The Bertz CT molecular complexity index is 358. The highest BCUT2D eigenvalue weighted by atomic mass is 16.1. The molecule has 0 radical (unpaired) electrons. The molecule has 0 saturated carbocycles. The first-order valence-corrected chi connectivity index (χ1v) is 5.17. The summed E-state index contributed by atoms with van der Waals surface area (Å²) in [6.07, 6.45) is 5.26. The van der Waals surface area contributed by atoms with Crippen molar-refractivity contribution in [2.24, 2.45) is 0 Å². The number of hydrogen-bond acceptors (Lipinski definition) is 2. The van der Waals surface area contributed by atoms with Crippen molar-refractivity contribution in [3.8, 4) is 0 Å². The van der Waals surface area contributed by atoms with Gasteiger partial charge in [0.1, 0.15) is 0 Å². The van der Waals surface area contributed by atoms with E-state index < -0.39 is 0 Å². The Hall–Kier alpha value is -1.09. The van der Waals surface area contributed by atoms with Crippen LogP contribution in [0.25, 0.3) is 0 Å². The maximum atomic E-state index is 11.6. The molecule has 0 unspecified atom stereocenters. The van der Waals surface area contributed by atoms with Crippen molar-refractivity contribution < 1.29 is 0 Å². The second-order valence-electron chi connectivity index (χ2n) is 3.95. The summed E-state index contributed by atoms with van der Waals surface area (Å²) < 4.78 is 0. The van der Waals surface area contributed by atoms with Crippen LogP contribution in [0.3, 0.4) is 0 Å². The lowest BCUT2D eigenvalue weighted by Gasteiger charge is -2.32. The fraction of sp³-hybridized carbons (Fsp3) is 0.545. The lowest BCUT2D eigenvalue weighted by molar-refractivity contribution is 0.186. The van der Waals surface area contributed by atoms with Crippen molar-refractivity contribution in [2.75, 3.05) is 13.6 Å². The van der Waals surface area contributed by atoms with Gasteiger partial charge in [-0.05, 0) is 32.5 Å². The third kappa shape index (κ3) is 1.73. The van der Waals surface area contributed by atoms with E-state index in [-0.39, 0.29) is 5.56 Å². The van der Waals surface area contributed by atoms with Crippen LogP contribution >= 0.6 is 0 Å². The molecule has 14 heavy (non-hydrogen) atoms. The first-order chi connectivity index (χ1) is 6.79. The topological polar surface area (TPSA) is 36.1 Å². The van der Waals surface area contributed by atoms with Crippen molar-refractivity contribution >= 4 is 0 Å². The van der Waals surface area contributed by atoms with Crippen LogP contribution in [-0.4, -0.2) is 23.5 Å². The van der Waals surface area contributed by atoms with Crippen molar-refractivity contribution in [1.82, 2.24) is 9.88 Å². The highest BCUT2D eigenvalue weighted by Crippen LogP contribution is 2.26. The lowest BCUT2D eigenvalue weighted by Crippen LogP contribution is -2.33. The van der Waals surface area contributed by atoms with Gasteiger partial charge in [-0.1, -0.05) is 12.5 Å². The second kappa shape index (κ2) is 3.96. The van der Waals surface area contributed by atoms with E-state index in [1.54, 1.807) is 6.20 Å². The summed E-state index contributed by atoms with van der Waals surface area (Å²) in [6.45, 7) is 1.10. The number of aromatic amines is 1. The average molecular weight is 192 g/mol. The Labute approximate surface area is 83.8 Å². The highest BCUT2D eigenvalue weighted by molar-refractivity contribution is 5.14. The summed E-state index contributed by atoms with van der Waals surface area (Å²) in [7, 11) is 2.09. The van der Waals surface area contributed by atoms with Gasteiger partial charge in [-0.25, -0.2) is 0 Å². The molecule has 0 aromatic carbocycles. The molecule has 76 valence electrons. The molecular weight excluding hydrogens is 176 g/mol. The van der Waals surface area contributed by atoms with E-state index in [1.165, 1.54) is 12.8 Å². The van der Waals surface area contributed by atoms with Gasteiger partial charge in [0.05, 0.1) is 0 Å². The van der Waals surface area contributed by atoms with E-state index in [0.29, 0.717) is 6.04 Å². The lowest BCUT2D eigenvalue weighted by atomic mass is 9.97. The normalized spacial score (nSPS) is 23.6. The van der Waals surface area contributed by atoms with Crippen molar-refractivity contribution in [1.29, 1.82) is 0 Å². The predicted molar refractivity (Wildman–Crippen MR) is 56.3 cm³/mol. The Kier molecular flexibility index (Phi) is 2.68. The van der Waals surface area contributed by atoms with Crippen LogP contribution < -0.4 is 5.56 Å². The van der Waals surface area contributed by atoms with Crippen molar-refractivity contribution in [3.05, 3.63) is 34.2 Å². The number of nitrogens with one attached hydrogen (secondary N) is 1. The molecule has 2 heterocycles. The second-order valence-corrected chi connectivity index (χ2v) is 3.95. The Morgan fingerprint density at radius 1 is 1.50 bits per heavy atom. The first kappa shape index (κ1) is 9.46. The number of H-pyrrole nitrogens is 1. The number of rotatable bonds is 1. The minimum atomic E-state index is 0.0613. The van der Waals surface area contributed by atoms with E-state index in [2.05, 4.69) is 16.9 Å². The average Bonchev–Trinajstić information content (AvgIpc) is 2.20. The molecule has 1 aliphatic heterocycles. The summed E-state index contributed by atoms with van der Waals surface area (Å²) in [5, 5.41) is 0. The number of nitrogens with zero attached hydrogens (tertiary/aromatic N) is 1. The molecule has 1 aliphatic rings. The van der Waals surface area contributed by atoms with Crippen LogP contribution in [0.1, 0.15) is 30.9 Å². The van der Waals surface area contributed by atoms with E-state index in [0.717, 1.165) is 18.5 Å². The van der Waals surface area contributed by atoms with Gasteiger partial charge in [-0.3, -0.25) is 9.69 Å². The number of hydrogen-bond donors (Lipinski definition) is 1. The fourth-order valence-corrected chi connectivity index (χ4v) is 2.17. The summed E-state index contributed by atoms with van der Waals surface area (Å²) in [5.41, 5.74) is 0.973. The van der Waals surface area contributed by atoms with Gasteiger partial charge in [0, 0.05) is 17.8 Å². The molecular formula is C11H16N2O. The van der Waals surface area contributed by atoms with E-state index in [9.17, 15) is 4.79 Å². The van der Waals surface area contributed by atoms with Crippen LogP contribution in [0.5, 0.6) is 0 Å². The summed E-state index contributed by atoms with van der Waals surface area (Å²) >= 11 is 0. The monoisotopic (exact) mass is 192 g/mol. The molecule has 3 nitrogen and oxygen atoms in total. The Morgan fingerprint density at radius 3 is 3.07 bits per heavy atom. The van der Waals surface area contributed by atoms with E-state index in [1.807, 2.05) is 12.1 Å². The van der Waals surface area contributed by atoms with Crippen LogP contribution in [0, 0.1) is 0 Å². The minimum Gasteiger partial charge on any atom is -0.329 e. The predicted octanol–water partition coefficient (Wildman–Crippen LogP) is 1.53. The van der Waals surface area contributed by atoms with E-state index >= 15 is 0 Å². The zero-order chi connectivity index (χ0) is 9.97. The van der Waals surface area contributed by atoms with E-state index in [4.69, 9.17) is 0 Å². The maximum Gasteiger partial charge on any atom is 0.252 e. The third-order valence-electron chi connectivity index (χ3n) is 2.98. The Balaban J connectivity index is 2.29. The molecule has 3 heteroatoms. The molecule has 0 bridgehead atoms. The smallest absolute Gasteiger partial charge is 0.252 e. The van der Waals surface area contributed by atoms with Crippen LogP contribution in [0.2, 0.25) is 0 Å². The van der Waals surface area contributed by atoms with Crippen LogP contribution in [-0.2, 0) is 0 Å². The van der Waals surface area contributed by atoms with Crippen molar-refractivity contribution in [3.63, 3.8) is 0 Å². The standard InChI is InChI=1S/C11H16N2O/c1-13-8-3-2-6-10(13)9-5-4-7-12-11(9)14/h4-5,7,10H,2-3,6,8H2,1H3,(H,12,14)/t10-/m0/s1. The van der Waals surface area contributed by atoms with Crippen LogP contribution in [0.4, 0.5) is 0 Å². The van der Waals surface area contributed by atoms with Crippen LogP contribution in [0.15, 0.2) is 23.1 Å². The molecule has 2 rings (SSSR count). The molecule has 1 fully saturated rings. The SMILES string of the molecule is CN1CCCC[C@H]1c1ccc[nH]c1=O. The summed E-state index contributed by atoms with van der Waals surface area (Å²) in [6, 6.07) is 4.15. The number of likely N-dealkylation sites (tertiary alicyclic amines) is 1. The molecule has 1 aromatic rings. The Morgan fingerprint density at radius 2 is 2.36 bits per heavy atom. The molecule has 1 atom stereocenters. The third-order valence-corrected chi connectivity index (χ3v) is 2.98. The fourth-order valence-electron chi connectivity index (χ4n) is 2.17. The maximum absolute atomic E-state index is 11.6. The molecule has 1 aromatic heterocycles. The minimum absolute atomic E-state index is 0.0613. The molecule has 1 N–H and O–H groups in total. The van der Waals surface area contributed by atoms with Gasteiger partial charge in [0.15, 0.2) is 0 Å². The number of pyridine rings is 1. The summed E-state index contributed by atoms with van der Waals surface area (Å²) in [5.74, 6) is 0. The summed E-state index contributed by atoms with van der Waals surface area (Å²) in [4.78, 5) is 16.6. The molecule has 1 saturated heterocycles. The van der Waals surface area contributed by atoms with Gasteiger partial charge in [0.2, 0.25) is 0 Å². The largest absolute Gasteiger partial charge is 0.329 e. The molecule has 0 aliphatic carbocycles. The zero-order valence-corrected chi connectivity index (χ0v) is 8.49. The number of aromatic nitrogens is 1. The van der Waals surface area contributed by atoms with Gasteiger partial charge >= 0.3 is 0 Å². The van der Waals surface area contributed by atoms with Gasteiger partial charge in [-0.15, -0.1) is 0 Å². The van der Waals surface area contributed by atoms with Gasteiger partial charge in [-0.2, -0.15) is 0 Å². The number of piperidine rings is 1. The first-order valence-electron chi connectivity index (χ1n) is 5.17. The van der Waals surface area contributed by atoms with Gasteiger partial charge < -0.3 is 4.98 Å². The quantitative estimate of drug-likeness (QED) is 0.732. The highest BCUT2D eigenvalue weighted by Gasteiger charge is 2.22.